The highest BCUT2D eigenvalue weighted by Gasteiger charge is 2.22. The maximum atomic E-state index is 12.1. The van der Waals surface area contributed by atoms with E-state index < -0.39 is 23.8 Å². The number of primary amides is 1. The number of thiazole rings is 1. The number of nitrogens with two attached hydrogens (primary N) is 1. The van der Waals surface area contributed by atoms with E-state index >= 15 is 0 Å². The number of aromatic nitrogens is 1. The molecule has 2 rings (SSSR count). The van der Waals surface area contributed by atoms with Gasteiger partial charge >= 0.3 is 5.97 Å². The van der Waals surface area contributed by atoms with Gasteiger partial charge in [-0.25, -0.2) is 9.78 Å². The molecule has 27 heavy (non-hydrogen) atoms. The Balaban J connectivity index is 1.93. The molecule has 0 aliphatic heterocycles. The number of benzene rings is 1. The van der Waals surface area contributed by atoms with Crippen molar-refractivity contribution in [2.24, 2.45) is 5.73 Å². The zero-order valence-electron chi connectivity index (χ0n) is 14.2. The van der Waals surface area contributed by atoms with E-state index in [9.17, 15) is 19.2 Å². The van der Waals surface area contributed by atoms with Crippen LogP contribution in [0, 0.1) is 0 Å². The average Bonchev–Trinajstić information content (AvgIpc) is 3.07. The molecule has 1 unspecified atom stereocenters. The number of carbonyl (C=O) groups is 4. The lowest BCUT2D eigenvalue weighted by Crippen LogP contribution is -2.41. The van der Waals surface area contributed by atoms with Gasteiger partial charge in [0.2, 0.25) is 11.8 Å². The summed E-state index contributed by atoms with van der Waals surface area (Å²) >= 11 is 1.05. The minimum absolute atomic E-state index is 0.0275. The van der Waals surface area contributed by atoms with E-state index in [1.54, 1.807) is 0 Å². The van der Waals surface area contributed by atoms with Gasteiger partial charge in [-0.3, -0.25) is 14.4 Å². The Morgan fingerprint density at radius 3 is 2.52 bits per heavy atom. The summed E-state index contributed by atoms with van der Waals surface area (Å²) in [6.07, 6.45) is -0.132. The van der Waals surface area contributed by atoms with Crippen molar-refractivity contribution in [3.8, 4) is 0 Å². The second kappa shape index (κ2) is 9.43. The van der Waals surface area contributed by atoms with E-state index in [2.05, 4.69) is 15.6 Å². The Kier molecular flexibility index (Phi) is 7.00. The minimum atomic E-state index is -1.28. The maximum Gasteiger partial charge on any atom is 0.326 e. The van der Waals surface area contributed by atoms with E-state index in [4.69, 9.17) is 10.8 Å². The summed E-state index contributed by atoms with van der Waals surface area (Å²) in [4.78, 5) is 50.1. The molecule has 0 saturated heterocycles. The maximum absolute atomic E-state index is 12.1. The molecule has 0 saturated carbocycles. The fourth-order valence-corrected chi connectivity index (χ4v) is 2.86. The quantitative estimate of drug-likeness (QED) is 0.496. The third kappa shape index (κ3) is 6.51. The predicted octanol–water partition coefficient (Wildman–Crippen LogP) is 0.773. The van der Waals surface area contributed by atoms with E-state index in [-0.39, 0.29) is 36.0 Å². The lowest BCUT2D eigenvalue weighted by atomic mass is 10.1. The molecular formula is C17H18N4O5S. The standard InChI is InChI=1S/C17H18N4O5S/c18-13(22)7-6-11(16(25)26)19-15(24)12-9-27-17(20-12)21-14(23)8-10-4-2-1-3-5-10/h1-5,9,11H,6-8H2,(H2,18,22)(H,19,24)(H,25,26)(H,20,21,23). The van der Waals surface area contributed by atoms with Gasteiger partial charge < -0.3 is 21.5 Å². The molecule has 9 nitrogen and oxygen atoms in total. The fraction of sp³-hybridized carbons (Fsp3) is 0.235. The molecule has 0 aliphatic carbocycles. The number of carboxylic acids is 1. The van der Waals surface area contributed by atoms with Gasteiger partial charge in [0.15, 0.2) is 5.13 Å². The molecule has 0 spiro atoms. The highest BCUT2D eigenvalue weighted by atomic mass is 32.1. The summed E-state index contributed by atoms with van der Waals surface area (Å²) < 4.78 is 0. The van der Waals surface area contributed by atoms with E-state index in [0.29, 0.717) is 0 Å². The summed E-state index contributed by atoms with van der Waals surface area (Å²) in [6.45, 7) is 0. The topological polar surface area (TPSA) is 151 Å². The first-order valence-electron chi connectivity index (χ1n) is 7.96. The van der Waals surface area contributed by atoms with Crippen molar-refractivity contribution in [2.45, 2.75) is 25.3 Å². The number of amides is 3. The molecule has 5 N–H and O–H groups in total. The molecule has 142 valence electrons. The van der Waals surface area contributed by atoms with Crippen LogP contribution in [0.4, 0.5) is 5.13 Å². The second-order valence-corrected chi connectivity index (χ2v) is 6.48. The van der Waals surface area contributed by atoms with Crippen molar-refractivity contribution in [2.75, 3.05) is 5.32 Å². The summed E-state index contributed by atoms with van der Waals surface area (Å²) in [5, 5.41) is 15.6. The van der Waals surface area contributed by atoms with E-state index in [1.807, 2.05) is 30.3 Å². The lowest BCUT2D eigenvalue weighted by molar-refractivity contribution is -0.139. The van der Waals surface area contributed by atoms with Crippen molar-refractivity contribution >= 4 is 40.2 Å². The minimum Gasteiger partial charge on any atom is -0.480 e. The van der Waals surface area contributed by atoms with Crippen LogP contribution in [0.3, 0.4) is 0 Å². The second-order valence-electron chi connectivity index (χ2n) is 5.62. The van der Waals surface area contributed by atoms with Crippen LogP contribution >= 0.6 is 11.3 Å². The monoisotopic (exact) mass is 390 g/mol. The van der Waals surface area contributed by atoms with Crippen LogP contribution in [-0.4, -0.2) is 39.8 Å². The van der Waals surface area contributed by atoms with Crippen LogP contribution in [0.2, 0.25) is 0 Å². The molecule has 1 aromatic carbocycles. The van der Waals surface area contributed by atoms with Crippen LogP contribution in [0.15, 0.2) is 35.7 Å². The van der Waals surface area contributed by atoms with Crippen molar-refractivity contribution in [1.82, 2.24) is 10.3 Å². The van der Waals surface area contributed by atoms with Crippen LogP contribution in [-0.2, 0) is 20.8 Å². The molecule has 3 amide bonds. The van der Waals surface area contributed by atoms with Crippen molar-refractivity contribution in [3.63, 3.8) is 0 Å². The summed E-state index contributed by atoms with van der Waals surface area (Å²) in [5.41, 5.74) is 5.80. The van der Waals surface area contributed by atoms with Gasteiger partial charge in [0.1, 0.15) is 11.7 Å². The van der Waals surface area contributed by atoms with Gasteiger partial charge in [-0.1, -0.05) is 30.3 Å². The molecule has 1 aromatic heterocycles. The Morgan fingerprint density at radius 2 is 1.89 bits per heavy atom. The molecule has 1 heterocycles. The molecule has 0 radical (unpaired) electrons. The molecular weight excluding hydrogens is 372 g/mol. The first-order valence-corrected chi connectivity index (χ1v) is 8.84. The number of carboxylic acid groups (broad SMARTS) is 1. The highest BCUT2D eigenvalue weighted by molar-refractivity contribution is 7.14. The highest BCUT2D eigenvalue weighted by Crippen LogP contribution is 2.16. The zero-order chi connectivity index (χ0) is 19.8. The van der Waals surface area contributed by atoms with Gasteiger partial charge in [0.25, 0.3) is 5.91 Å². The molecule has 10 heteroatoms. The van der Waals surface area contributed by atoms with Crippen LogP contribution in [0.5, 0.6) is 0 Å². The largest absolute Gasteiger partial charge is 0.480 e. The summed E-state index contributed by atoms with van der Waals surface area (Å²) in [6, 6.07) is 7.87. The lowest BCUT2D eigenvalue weighted by Gasteiger charge is -2.12. The SMILES string of the molecule is NC(=O)CCC(NC(=O)c1csc(NC(=O)Cc2ccccc2)n1)C(=O)O. The third-order valence-electron chi connectivity index (χ3n) is 3.47. The normalized spacial score (nSPS) is 11.4. The number of aliphatic carboxylic acids is 1. The van der Waals surface area contributed by atoms with Crippen molar-refractivity contribution < 1.29 is 24.3 Å². The number of rotatable bonds is 9. The Bertz CT molecular complexity index is 837. The zero-order valence-corrected chi connectivity index (χ0v) is 15.0. The van der Waals surface area contributed by atoms with Gasteiger partial charge in [-0.05, 0) is 12.0 Å². The fourth-order valence-electron chi connectivity index (χ4n) is 2.16. The first-order chi connectivity index (χ1) is 12.8. The smallest absolute Gasteiger partial charge is 0.326 e. The molecule has 0 bridgehead atoms. The Hall–Kier alpha value is -3.27. The average molecular weight is 390 g/mol. The summed E-state index contributed by atoms with van der Waals surface area (Å²) in [5.74, 6) is -2.94. The van der Waals surface area contributed by atoms with Crippen molar-refractivity contribution in [1.29, 1.82) is 0 Å². The number of hydrogen-bond acceptors (Lipinski definition) is 6. The van der Waals surface area contributed by atoms with E-state index in [0.717, 1.165) is 16.9 Å². The van der Waals surface area contributed by atoms with Gasteiger partial charge in [-0.2, -0.15) is 0 Å². The van der Waals surface area contributed by atoms with Gasteiger partial charge in [0.05, 0.1) is 6.42 Å². The van der Waals surface area contributed by atoms with E-state index in [1.165, 1.54) is 5.38 Å². The number of carbonyl (C=O) groups excluding carboxylic acids is 3. The molecule has 1 atom stereocenters. The number of hydrogen-bond donors (Lipinski definition) is 4. The van der Waals surface area contributed by atoms with Gasteiger partial charge in [-0.15, -0.1) is 11.3 Å². The molecule has 2 aromatic rings. The Labute approximate surface area is 158 Å². The molecule has 0 aliphatic rings. The number of nitrogens with one attached hydrogen (secondary N) is 2. The molecule has 0 fully saturated rings. The van der Waals surface area contributed by atoms with Crippen LogP contribution < -0.4 is 16.4 Å². The van der Waals surface area contributed by atoms with Gasteiger partial charge in [0, 0.05) is 11.8 Å². The Morgan fingerprint density at radius 1 is 1.19 bits per heavy atom. The summed E-state index contributed by atoms with van der Waals surface area (Å²) in [7, 11) is 0. The predicted molar refractivity (Wildman–Crippen MR) is 98.2 cm³/mol. The van der Waals surface area contributed by atoms with Crippen LogP contribution in [0.25, 0.3) is 0 Å². The van der Waals surface area contributed by atoms with Crippen LogP contribution in [0.1, 0.15) is 28.9 Å². The third-order valence-corrected chi connectivity index (χ3v) is 4.23. The number of nitrogens with zero attached hydrogens (tertiary/aromatic N) is 1. The number of anilines is 1. The first kappa shape index (κ1) is 20.0. The van der Waals surface area contributed by atoms with Crippen molar-refractivity contribution in [3.05, 3.63) is 47.0 Å².